The Morgan fingerprint density at radius 3 is 2.73 bits per heavy atom. The molecule has 0 aromatic heterocycles. The fourth-order valence-corrected chi connectivity index (χ4v) is 4.04. The van der Waals surface area contributed by atoms with Crippen molar-refractivity contribution in [2.75, 3.05) is 11.4 Å². The summed E-state index contributed by atoms with van der Waals surface area (Å²) in [4.78, 5) is 30.4. The molecule has 0 aliphatic carbocycles. The van der Waals surface area contributed by atoms with Gasteiger partial charge in [-0.2, -0.15) is 0 Å². The number of ether oxygens (including phenoxy) is 1. The van der Waals surface area contributed by atoms with E-state index >= 15 is 0 Å². The second kappa shape index (κ2) is 10.3. The third-order valence-corrected chi connectivity index (χ3v) is 5.54. The van der Waals surface area contributed by atoms with Crippen LogP contribution in [-0.4, -0.2) is 23.9 Å². The molecule has 7 heteroatoms. The van der Waals surface area contributed by atoms with Crippen molar-refractivity contribution in [3.05, 3.63) is 75.9 Å². The van der Waals surface area contributed by atoms with E-state index in [0.717, 1.165) is 23.2 Å². The summed E-state index contributed by atoms with van der Waals surface area (Å²) in [5, 5.41) is 1.05. The third kappa shape index (κ3) is 5.01. The number of nitrogens with zero attached hydrogens (tertiary/aromatic N) is 2. The number of amides is 1. The first kappa shape index (κ1) is 21.9. The zero-order valence-corrected chi connectivity index (χ0v) is 18.2. The molecule has 0 saturated carbocycles. The summed E-state index contributed by atoms with van der Waals surface area (Å²) in [5.74, 6) is 0.309. The molecule has 30 heavy (non-hydrogen) atoms. The summed E-state index contributed by atoms with van der Waals surface area (Å²) >= 11 is 7.63. The van der Waals surface area contributed by atoms with E-state index in [1.54, 1.807) is 29.2 Å². The van der Waals surface area contributed by atoms with Crippen LogP contribution in [0.25, 0.3) is 6.08 Å². The Balaban J connectivity index is 1.92. The van der Waals surface area contributed by atoms with Crippen LogP contribution in [0.3, 0.4) is 0 Å². The highest BCUT2D eigenvalue weighted by molar-refractivity contribution is 8.19. The summed E-state index contributed by atoms with van der Waals surface area (Å²) in [7, 11) is 0. The predicted molar refractivity (Wildman–Crippen MR) is 124 cm³/mol. The number of thioether (sulfide) groups is 1. The quantitative estimate of drug-likeness (QED) is 0.318. The van der Waals surface area contributed by atoms with Gasteiger partial charge < -0.3 is 4.74 Å². The van der Waals surface area contributed by atoms with Gasteiger partial charge in [0, 0.05) is 12.6 Å². The topological polar surface area (TPSA) is 59.0 Å². The zero-order valence-electron chi connectivity index (χ0n) is 16.7. The smallest absolute Gasteiger partial charge is 0.271 e. The van der Waals surface area contributed by atoms with Gasteiger partial charge in [0.05, 0.1) is 21.9 Å². The van der Waals surface area contributed by atoms with E-state index in [2.05, 4.69) is 11.9 Å². The number of allylic oxidation sites excluding steroid dienone is 1. The van der Waals surface area contributed by atoms with Crippen molar-refractivity contribution < 1.29 is 14.3 Å². The largest absolute Gasteiger partial charge is 0.463 e. The van der Waals surface area contributed by atoms with Gasteiger partial charge in [0.2, 0.25) is 0 Å². The van der Waals surface area contributed by atoms with Crippen LogP contribution in [-0.2, 0) is 9.59 Å². The second-order valence-electron chi connectivity index (χ2n) is 6.47. The number of amidine groups is 1. The monoisotopic (exact) mass is 440 g/mol. The van der Waals surface area contributed by atoms with Crippen molar-refractivity contribution in [3.8, 4) is 5.75 Å². The van der Waals surface area contributed by atoms with Gasteiger partial charge in [-0.3, -0.25) is 19.5 Å². The van der Waals surface area contributed by atoms with Crippen LogP contribution < -0.4 is 9.64 Å². The van der Waals surface area contributed by atoms with Crippen molar-refractivity contribution in [2.24, 2.45) is 4.99 Å². The van der Waals surface area contributed by atoms with Crippen molar-refractivity contribution in [3.63, 3.8) is 0 Å². The molecule has 3 rings (SSSR count). The molecule has 1 aliphatic rings. The highest BCUT2D eigenvalue weighted by Gasteiger charge is 2.35. The maximum Gasteiger partial charge on any atom is 0.271 e. The molecule has 1 saturated heterocycles. The van der Waals surface area contributed by atoms with E-state index in [4.69, 9.17) is 16.3 Å². The molecular formula is C23H21ClN2O3S. The molecule has 0 N–H and O–H groups in total. The van der Waals surface area contributed by atoms with Crippen LogP contribution in [0.4, 0.5) is 5.69 Å². The highest BCUT2D eigenvalue weighted by atomic mass is 35.5. The number of aliphatic imine (C=N–C) groups is 1. The van der Waals surface area contributed by atoms with E-state index in [-0.39, 0.29) is 5.91 Å². The number of halogens is 1. The van der Waals surface area contributed by atoms with Crippen molar-refractivity contribution in [1.82, 2.24) is 0 Å². The van der Waals surface area contributed by atoms with E-state index in [9.17, 15) is 9.59 Å². The Bertz CT molecular complexity index is 1050. The number of benzene rings is 2. The predicted octanol–water partition coefficient (Wildman–Crippen LogP) is 5.63. The lowest BCUT2D eigenvalue weighted by Crippen LogP contribution is -2.29. The molecule has 154 valence electrons. The van der Waals surface area contributed by atoms with Gasteiger partial charge in [0.25, 0.3) is 5.91 Å². The van der Waals surface area contributed by atoms with Crippen LogP contribution in [0.2, 0.25) is 5.02 Å². The number of anilines is 1. The third-order valence-electron chi connectivity index (χ3n) is 4.24. The van der Waals surface area contributed by atoms with Crippen molar-refractivity contribution in [1.29, 1.82) is 0 Å². The highest BCUT2D eigenvalue weighted by Crippen LogP contribution is 2.38. The minimum absolute atomic E-state index is 0.116. The lowest BCUT2D eigenvalue weighted by Gasteiger charge is -2.17. The first-order valence-electron chi connectivity index (χ1n) is 9.45. The molecule has 1 amide bonds. The lowest BCUT2D eigenvalue weighted by atomic mass is 10.1. The second-order valence-corrected chi connectivity index (χ2v) is 7.89. The van der Waals surface area contributed by atoms with Gasteiger partial charge in [-0.25, -0.2) is 0 Å². The van der Waals surface area contributed by atoms with Gasteiger partial charge in [-0.05, 0) is 60.5 Å². The zero-order chi connectivity index (χ0) is 21.5. The maximum atomic E-state index is 13.2. The summed E-state index contributed by atoms with van der Waals surface area (Å²) in [5.41, 5.74) is 2.60. The van der Waals surface area contributed by atoms with Crippen LogP contribution in [0.15, 0.2) is 64.7 Å². The van der Waals surface area contributed by atoms with Gasteiger partial charge in [-0.15, -0.1) is 0 Å². The molecule has 0 radical (unpaired) electrons. The fourth-order valence-electron chi connectivity index (χ4n) is 2.81. The van der Waals surface area contributed by atoms with E-state index in [1.165, 1.54) is 24.1 Å². The maximum absolute atomic E-state index is 13.2. The summed E-state index contributed by atoms with van der Waals surface area (Å²) in [6.45, 7) is 4.68. The van der Waals surface area contributed by atoms with Crippen LogP contribution in [0, 0.1) is 6.92 Å². The van der Waals surface area contributed by atoms with Crippen molar-refractivity contribution >= 4 is 52.5 Å². The normalized spacial score (nSPS) is 16.8. The number of hydrogen-bond acceptors (Lipinski definition) is 5. The average Bonchev–Trinajstić information content (AvgIpc) is 3.03. The summed E-state index contributed by atoms with van der Waals surface area (Å²) in [6.07, 6.45) is 5.81. The van der Waals surface area contributed by atoms with Gasteiger partial charge in [-0.1, -0.05) is 42.8 Å². The molecule has 0 atom stereocenters. The number of aryl methyl sites for hydroxylation is 1. The van der Waals surface area contributed by atoms with E-state index in [1.807, 2.05) is 31.2 Å². The van der Waals surface area contributed by atoms with Crippen LogP contribution >= 0.6 is 23.4 Å². The first-order chi connectivity index (χ1) is 14.5. The molecule has 0 bridgehead atoms. The van der Waals surface area contributed by atoms with Crippen LogP contribution in [0.1, 0.15) is 24.5 Å². The van der Waals surface area contributed by atoms with E-state index in [0.29, 0.717) is 33.7 Å². The Labute approximate surface area is 185 Å². The Hall–Kier alpha value is -2.83. The molecule has 0 unspecified atom stereocenters. The summed E-state index contributed by atoms with van der Waals surface area (Å²) < 4.78 is 5.31. The fraction of sp³-hybridized carbons (Fsp3) is 0.174. The number of para-hydroxylation sites is 1. The first-order valence-corrected chi connectivity index (χ1v) is 10.6. The molecular weight excluding hydrogens is 420 g/mol. The molecule has 5 nitrogen and oxygen atoms in total. The van der Waals surface area contributed by atoms with Crippen molar-refractivity contribution in [2.45, 2.75) is 20.3 Å². The SMILES string of the molecule is CCCN=C1S/C(=C/c2ccc(O/C=C\C=O)c(Cl)c2)C(=O)N1c1ccccc1C. The molecule has 0 spiro atoms. The minimum Gasteiger partial charge on any atom is -0.463 e. The number of carbonyl (C=O) groups excluding carboxylic acids is 2. The Morgan fingerprint density at radius 2 is 2.03 bits per heavy atom. The van der Waals surface area contributed by atoms with Crippen LogP contribution in [0.5, 0.6) is 5.75 Å². The lowest BCUT2D eigenvalue weighted by molar-refractivity contribution is -0.113. The number of hydrogen-bond donors (Lipinski definition) is 0. The molecule has 2 aromatic rings. The standard InChI is InChI=1S/C23H21ClN2O3S/c1-3-11-25-23-26(19-8-5-4-7-16(19)2)22(28)21(30-23)15-17-9-10-20(18(24)14-17)29-13-6-12-27/h4-10,12-15H,3,11H2,1-2H3/b13-6-,21-15+,25-23?. The molecule has 2 aromatic carbocycles. The summed E-state index contributed by atoms with van der Waals surface area (Å²) in [6, 6.07) is 13.0. The average molecular weight is 441 g/mol. The minimum atomic E-state index is -0.116. The Morgan fingerprint density at radius 1 is 1.23 bits per heavy atom. The number of aldehydes is 1. The molecule has 1 aliphatic heterocycles. The number of rotatable bonds is 7. The van der Waals surface area contributed by atoms with Gasteiger partial charge in [0.15, 0.2) is 5.17 Å². The molecule has 1 heterocycles. The number of carbonyl (C=O) groups is 2. The molecule has 1 fully saturated rings. The van der Waals surface area contributed by atoms with Gasteiger partial charge in [0.1, 0.15) is 12.0 Å². The van der Waals surface area contributed by atoms with E-state index < -0.39 is 0 Å². The Kier molecular flexibility index (Phi) is 7.49. The van der Waals surface area contributed by atoms with Gasteiger partial charge >= 0.3 is 0 Å².